The molecule has 1 aromatic carbocycles. The van der Waals surface area contributed by atoms with E-state index in [4.69, 9.17) is 10.5 Å². The van der Waals surface area contributed by atoms with Crippen molar-refractivity contribution in [2.75, 3.05) is 12.3 Å². The quantitative estimate of drug-likeness (QED) is 0.828. The van der Waals surface area contributed by atoms with Gasteiger partial charge in [-0.15, -0.1) is 0 Å². The summed E-state index contributed by atoms with van der Waals surface area (Å²) in [5.41, 5.74) is 6.66. The number of aromatic nitrogens is 2. The molecule has 4 nitrogen and oxygen atoms in total. The van der Waals surface area contributed by atoms with Crippen LogP contribution in [0.5, 0.6) is 5.75 Å². The summed E-state index contributed by atoms with van der Waals surface area (Å²) >= 11 is 0. The lowest BCUT2D eigenvalue weighted by atomic mass is 10.3. The number of benzene rings is 1. The lowest BCUT2D eigenvalue weighted by Gasteiger charge is -2.07. The second kappa shape index (κ2) is 4.04. The maximum Gasteiger partial charge on any atom is 0.204 e. The van der Waals surface area contributed by atoms with Crippen molar-refractivity contribution in [3.05, 3.63) is 36.7 Å². The molecule has 1 aromatic heterocycles. The lowest BCUT2D eigenvalue weighted by molar-refractivity contribution is 0.340. The first-order valence-electron chi connectivity index (χ1n) is 4.83. The average molecular weight is 203 g/mol. The van der Waals surface area contributed by atoms with E-state index in [2.05, 4.69) is 4.98 Å². The van der Waals surface area contributed by atoms with Crippen molar-refractivity contribution < 1.29 is 4.74 Å². The second-order valence-corrected chi connectivity index (χ2v) is 3.09. The fourth-order valence-corrected chi connectivity index (χ4v) is 1.42. The van der Waals surface area contributed by atoms with Crippen LogP contribution in [-0.4, -0.2) is 16.2 Å². The van der Waals surface area contributed by atoms with E-state index in [-0.39, 0.29) is 0 Å². The van der Waals surface area contributed by atoms with Crippen LogP contribution in [0.3, 0.4) is 0 Å². The van der Waals surface area contributed by atoms with Crippen molar-refractivity contribution in [3.63, 3.8) is 0 Å². The number of nitrogens with zero attached hydrogens (tertiary/aromatic N) is 2. The Labute approximate surface area is 88.3 Å². The lowest BCUT2D eigenvalue weighted by Crippen LogP contribution is -2.00. The molecular weight excluding hydrogens is 190 g/mol. The standard InChI is InChI=1S/C11H13N3O/c1-2-15-10-5-3-4-9(8-10)14-7-6-13-11(14)12/h3-8H,2H2,1H3,(H2,12,13). The smallest absolute Gasteiger partial charge is 0.204 e. The zero-order chi connectivity index (χ0) is 10.7. The number of imidazole rings is 1. The average Bonchev–Trinajstić information content (AvgIpc) is 2.65. The van der Waals surface area contributed by atoms with E-state index >= 15 is 0 Å². The van der Waals surface area contributed by atoms with Gasteiger partial charge < -0.3 is 10.5 Å². The molecule has 2 aromatic rings. The highest BCUT2D eigenvalue weighted by molar-refractivity contribution is 5.43. The van der Waals surface area contributed by atoms with Crippen LogP contribution >= 0.6 is 0 Å². The summed E-state index contributed by atoms with van der Waals surface area (Å²) in [5.74, 6) is 1.31. The zero-order valence-corrected chi connectivity index (χ0v) is 8.55. The van der Waals surface area contributed by atoms with Crippen LogP contribution < -0.4 is 10.5 Å². The molecule has 15 heavy (non-hydrogen) atoms. The number of anilines is 1. The van der Waals surface area contributed by atoms with E-state index in [1.807, 2.05) is 42.0 Å². The van der Waals surface area contributed by atoms with Gasteiger partial charge in [-0.05, 0) is 19.1 Å². The third-order valence-corrected chi connectivity index (χ3v) is 2.08. The molecule has 0 aliphatic heterocycles. The second-order valence-electron chi connectivity index (χ2n) is 3.09. The first-order chi connectivity index (χ1) is 7.31. The number of rotatable bonds is 3. The predicted molar refractivity (Wildman–Crippen MR) is 59.1 cm³/mol. The van der Waals surface area contributed by atoms with Crippen LogP contribution in [-0.2, 0) is 0 Å². The molecule has 0 unspecified atom stereocenters. The molecule has 2 N–H and O–H groups in total. The Kier molecular flexibility index (Phi) is 2.58. The Balaban J connectivity index is 2.37. The SMILES string of the molecule is CCOc1cccc(-n2ccnc2N)c1. The maximum atomic E-state index is 5.71. The number of hydrogen-bond acceptors (Lipinski definition) is 3. The van der Waals surface area contributed by atoms with Gasteiger partial charge >= 0.3 is 0 Å². The van der Waals surface area contributed by atoms with E-state index in [0.717, 1.165) is 11.4 Å². The van der Waals surface area contributed by atoms with Crippen LogP contribution in [0.15, 0.2) is 36.7 Å². The molecule has 0 fully saturated rings. The van der Waals surface area contributed by atoms with Gasteiger partial charge in [-0.1, -0.05) is 6.07 Å². The first kappa shape index (κ1) is 9.58. The van der Waals surface area contributed by atoms with Crippen molar-refractivity contribution in [1.29, 1.82) is 0 Å². The van der Waals surface area contributed by atoms with E-state index in [1.54, 1.807) is 6.20 Å². The topological polar surface area (TPSA) is 53.1 Å². The molecule has 78 valence electrons. The first-order valence-corrected chi connectivity index (χ1v) is 4.83. The minimum Gasteiger partial charge on any atom is -0.494 e. The summed E-state index contributed by atoms with van der Waals surface area (Å²) in [4.78, 5) is 3.97. The van der Waals surface area contributed by atoms with Crippen LogP contribution in [0.1, 0.15) is 6.92 Å². The summed E-state index contributed by atoms with van der Waals surface area (Å²) in [6.07, 6.45) is 3.49. The highest BCUT2D eigenvalue weighted by Crippen LogP contribution is 2.18. The Hall–Kier alpha value is -1.97. The Morgan fingerprint density at radius 3 is 3.00 bits per heavy atom. The largest absolute Gasteiger partial charge is 0.494 e. The van der Waals surface area contributed by atoms with Gasteiger partial charge in [-0.25, -0.2) is 4.98 Å². The van der Waals surface area contributed by atoms with Crippen LogP contribution in [0, 0.1) is 0 Å². The number of nitrogen functional groups attached to an aromatic ring is 1. The van der Waals surface area contributed by atoms with Gasteiger partial charge in [0.15, 0.2) is 0 Å². The van der Waals surface area contributed by atoms with E-state index in [1.165, 1.54) is 0 Å². The highest BCUT2D eigenvalue weighted by atomic mass is 16.5. The van der Waals surface area contributed by atoms with Crippen molar-refractivity contribution in [3.8, 4) is 11.4 Å². The molecule has 0 aliphatic rings. The van der Waals surface area contributed by atoms with Crippen molar-refractivity contribution in [2.24, 2.45) is 0 Å². The Morgan fingerprint density at radius 2 is 2.33 bits per heavy atom. The predicted octanol–water partition coefficient (Wildman–Crippen LogP) is 1.85. The third kappa shape index (κ3) is 1.93. The summed E-state index contributed by atoms with van der Waals surface area (Å²) in [6.45, 7) is 2.61. The van der Waals surface area contributed by atoms with Gasteiger partial charge in [0.05, 0.1) is 12.3 Å². The van der Waals surface area contributed by atoms with Gasteiger partial charge in [0.2, 0.25) is 5.95 Å². The van der Waals surface area contributed by atoms with Gasteiger partial charge in [-0.2, -0.15) is 0 Å². The summed E-state index contributed by atoms with van der Waals surface area (Å²) in [6, 6.07) is 7.74. The van der Waals surface area contributed by atoms with Crippen molar-refractivity contribution >= 4 is 5.95 Å². The van der Waals surface area contributed by atoms with Gasteiger partial charge in [0, 0.05) is 18.5 Å². The molecule has 0 bridgehead atoms. The van der Waals surface area contributed by atoms with Gasteiger partial charge in [0.1, 0.15) is 5.75 Å². The molecule has 0 amide bonds. The molecule has 0 spiro atoms. The normalized spacial score (nSPS) is 10.2. The minimum atomic E-state index is 0.476. The molecule has 0 atom stereocenters. The van der Waals surface area contributed by atoms with E-state index in [9.17, 15) is 0 Å². The minimum absolute atomic E-state index is 0.476. The van der Waals surface area contributed by atoms with E-state index < -0.39 is 0 Å². The zero-order valence-electron chi connectivity index (χ0n) is 8.55. The molecular formula is C11H13N3O. The monoisotopic (exact) mass is 203 g/mol. The highest BCUT2D eigenvalue weighted by Gasteiger charge is 2.01. The fourth-order valence-electron chi connectivity index (χ4n) is 1.42. The number of nitrogens with two attached hydrogens (primary N) is 1. The van der Waals surface area contributed by atoms with Crippen molar-refractivity contribution in [2.45, 2.75) is 6.92 Å². The van der Waals surface area contributed by atoms with Crippen LogP contribution in [0.4, 0.5) is 5.95 Å². The summed E-state index contributed by atoms with van der Waals surface area (Å²) < 4.78 is 7.22. The maximum absolute atomic E-state index is 5.71. The Morgan fingerprint density at radius 1 is 1.47 bits per heavy atom. The Bertz CT molecular complexity index is 451. The molecule has 1 heterocycles. The van der Waals surface area contributed by atoms with Gasteiger partial charge in [0.25, 0.3) is 0 Å². The molecule has 0 saturated heterocycles. The molecule has 0 aliphatic carbocycles. The summed E-state index contributed by atoms with van der Waals surface area (Å²) in [7, 11) is 0. The fraction of sp³-hybridized carbons (Fsp3) is 0.182. The van der Waals surface area contributed by atoms with Gasteiger partial charge in [-0.3, -0.25) is 4.57 Å². The molecule has 0 radical (unpaired) electrons. The molecule has 4 heteroatoms. The number of hydrogen-bond donors (Lipinski definition) is 1. The van der Waals surface area contributed by atoms with Crippen LogP contribution in [0.2, 0.25) is 0 Å². The van der Waals surface area contributed by atoms with Crippen molar-refractivity contribution in [1.82, 2.24) is 9.55 Å². The van der Waals surface area contributed by atoms with Crippen LogP contribution in [0.25, 0.3) is 5.69 Å². The molecule has 2 rings (SSSR count). The third-order valence-electron chi connectivity index (χ3n) is 2.08. The molecule has 0 saturated carbocycles. The summed E-state index contributed by atoms with van der Waals surface area (Å²) in [5, 5.41) is 0. The van der Waals surface area contributed by atoms with E-state index in [0.29, 0.717) is 12.6 Å². The number of ether oxygens (including phenoxy) is 1.